The normalized spacial score (nSPS) is 11.1. The van der Waals surface area contributed by atoms with Gasteiger partial charge in [0.15, 0.2) is 0 Å². The molecule has 0 unspecified atom stereocenters. The van der Waals surface area contributed by atoms with Crippen molar-refractivity contribution in [1.82, 2.24) is 9.36 Å². The van der Waals surface area contributed by atoms with Crippen LogP contribution in [0.5, 0.6) is 10.9 Å². The molecule has 4 nitrogen and oxygen atoms in total. The van der Waals surface area contributed by atoms with Gasteiger partial charge < -0.3 is 10.5 Å². The van der Waals surface area contributed by atoms with Crippen LogP contribution in [-0.2, 0) is 6.42 Å². The third kappa shape index (κ3) is 3.28. The molecule has 0 saturated carbocycles. The van der Waals surface area contributed by atoms with E-state index in [9.17, 15) is 0 Å². The van der Waals surface area contributed by atoms with Crippen LogP contribution >= 0.6 is 11.5 Å². The lowest BCUT2D eigenvalue weighted by molar-refractivity contribution is 0.467. The van der Waals surface area contributed by atoms with E-state index in [4.69, 9.17) is 10.5 Å². The van der Waals surface area contributed by atoms with Crippen LogP contribution < -0.4 is 10.5 Å². The maximum absolute atomic E-state index is 5.98. The molecule has 0 aliphatic carbocycles. The Bertz CT molecular complexity index is 593. The zero-order valence-corrected chi connectivity index (χ0v) is 13.3. The van der Waals surface area contributed by atoms with E-state index in [-0.39, 0.29) is 0 Å². The lowest BCUT2D eigenvalue weighted by Gasteiger charge is -2.14. The Morgan fingerprint density at radius 3 is 2.75 bits per heavy atom. The predicted octanol–water partition coefficient (Wildman–Crippen LogP) is 4.30. The first-order valence-corrected chi connectivity index (χ1v) is 7.69. The van der Waals surface area contributed by atoms with Crippen molar-refractivity contribution in [2.24, 2.45) is 0 Å². The molecule has 0 bridgehead atoms. The van der Waals surface area contributed by atoms with Gasteiger partial charge in [0.1, 0.15) is 11.6 Å². The number of aryl methyl sites for hydroxylation is 2. The summed E-state index contributed by atoms with van der Waals surface area (Å²) < 4.78 is 10.2. The van der Waals surface area contributed by atoms with E-state index in [0.29, 0.717) is 11.1 Å². The highest BCUT2D eigenvalue weighted by molar-refractivity contribution is 7.07. The van der Waals surface area contributed by atoms with Gasteiger partial charge in [0, 0.05) is 23.6 Å². The number of nitrogens with zero attached hydrogens (tertiary/aromatic N) is 2. The van der Waals surface area contributed by atoms with Gasteiger partial charge in [0.05, 0.1) is 0 Å². The van der Waals surface area contributed by atoms with Crippen molar-refractivity contribution in [1.29, 1.82) is 0 Å². The number of benzene rings is 1. The number of nitrogen functional groups attached to an aromatic ring is 1. The second-order valence-corrected chi connectivity index (χ2v) is 5.94. The number of nitrogens with two attached hydrogens (primary N) is 1. The molecule has 20 heavy (non-hydrogen) atoms. The van der Waals surface area contributed by atoms with Crippen LogP contribution in [0.1, 0.15) is 50.1 Å². The molecule has 2 N–H and O–H groups in total. The Balaban J connectivity index is 2.29. The maximum atomic E-state index is 5.98. The quantitative estimate of drug-likeness (QED) is 0.834. The summed E-state index contributed by atoms with van der Waals surface area (Å²) in [5, 5.41) is 0.597. The molecule has 0 amide bonds. The summed E-state index contributed by atoms with van der Waals surface area (Å²) in [4.78, 5) is 4.40. The van der Waals surface area contributed by atoms with E-state index in [1.54, 1.807) is 0 Å². The standard InChI is InChI=1S/C15H21N3OS/c1-5-6-14-17-15(20-18-14)19-13-7-10(4)12(16)8-11(13)9(2)3/h7-9H,5-6,16H2,1-4H3. The van der Waals surface area contributed by atoms with Crippen molar-refractivity contribution < 1.29 is 4.74 Å². The fourth-order valence-corrected chi connectivity index (χ4v) is 2.54. The average molecular weight is 291 g/mol. The van der Waals surface area contributed by atoms with E-state index >= 15 is 0 Å². The van der Waals surface area contributed by atoms with Gasteiger partial charge in [-0.25, -0.2) is 0 Å². The molecule has 0 saturated heterocycles. The van der Waals surface area contributed by atoms with Gasteiger partial charge in [0.25, 0.3) is 5.19 Å². The molecule has 0 spiro atoms. The minimum atomic E-state index is 0.343. The number of ether oxygens (including phenoxy) is 1. The van der Waals surface area contributed by atoms with Crippen LogP contribution in [0, 0.1) is 6.92 Å². The van der Waals surface area contributed by atoms with Gasteiger partial charge in [-0.15, -0.1) is 0 Å². The highest BCUT2D eigenvalue weighted by Crippen LogP contribution is 2.34. The average Bonchev–Trinajstić information content (AvgIpc) is 2.81. The highest BCUT2D eigenvalue weighted by atomic mass is 32.1. The molecule has 1 aromatic carbocycles. The first kappa shape index (κ1) is 14.8. The number of aromatic nitrogens is 2. The molecule has 1 heterocycles. The first-order valence-electron chi connectivity index (χ1n) is 6.91. The molecular formula is C15H21N3OS. The predicted molar refractivity (Wildman–Crippen MR) is 83.7 cm³/mol. The van der Waals surface area contributed by atoms with Crippen LogP contribution in [0.3, 0.4) is 0 Å². The molecular weight excluding hydrogens is 270 g/mol. The van der Waals surface area contributed by atoms with Crippen molar-refractivity contribution in [3.63, 3.8) is 0 Å². The zero-order chi connectivity index (χ0) is 14.7. The third-order valence-electron chi connectivity index (χ3n) is 3.14. The fraction of sp³-hybridized carbons (Fsp3) is 0.467. The third-order valence-corrected chi connectivity index (χ3v) is 3.77. The molecule has 108 valence electrons. The van der Waals surface area contributed by atoms with Crippen molar-refractivity contribution in [2.45, 2.75) is 46.5 Å². The van der Waals surface area contributed by atoms with Crippen LogP contribution in [0.2, 0.25) is 0 Å². The van der Waals surface area contributed by atoms with E-state index < -0.39 is 0 Å². The van der Waals surface area contributed by atoms with E-state index in [1.807, 2.05) is 19.1 Å². The van der Waals surface area contributed by atoms with Gasteiger partial charge in [-0.1, -0.05) is 20.8 Å². The summed E-state index contributed by atoms with van der Waals surface area (Å²) in [6.45, 7) is 8.34. The van der Waals surface area contributed by atoms with Crippen LogP contribution in [0.15, 0.2) is 12.1 Å². The monoisotopic (exact) mass is 291 g/mol. The largest absolute Gasteiger partial charge is 0.430 e. The minimum Gasteiger partial charge on any atom is -0.430 e. The van der Waals surface area contributed by atoms with Crippen molar-refractivity contribution >= 4 is 17.2 Å². The number of rotatable bonds is 5. The SMILES string of the molecule is CCCc1nsc(Oc2cc(C)c(N)cc2C(C)C)n1. The second-order valence-electron chi connectivity index (χ2n) is 5.23. The van der Waals surface area contributed by atoms with Gasteiger partial charge in [-0.3, -0.25) is 0 Å². The molecule has 0 aliphatic rings. The first-order chi connectivity index (χ1) is 9.51. The smallest absolute Gasteiger partial charge is 0.298 e. The lowest BCUT2D eigenvalue weighted by Crippen LogP contribution is -1.98. The van der Waals surface area contributed by atoms with Gasteiger partial charge >= 0.3 is 0 Å². The van der Waals surface area contributed by atoms with Crippen LogP contribution in [0.25, 0.3) is 0 Å². The van der Waals surface area contributed by atoms with Crippen LogP contribution in [-0.4, -0.2) is 9.36 Å². The van der Waals surface area contributed by atoms with E-state index in [0.717, 1.165) is 41.2 Å². The molecule has 0 fully saturated rings. The summed E-state index contributed by atoms with van der Waals surface area (Å²) in [5.74, 6) is 2.02. The number of hydrogen-bond donors (Lipinski definition) is 1. The molecule has 2 rings (SSSR count). The van der Waals surface area contributed by atoms with Crippen molar-refractivity contribution in [3.8, 4) is 10.9 Å². The Hall–Kier alpha value is -1.62. The fourth-order valence-electron chi connectivity index (χ4n) is 1.95. The Kier molecular flexibility index (Phi) is 4.60. The Morgan fingerprint density at radius 2 is 2.10 bits per heavy atom. The van der Waals surface area contributed by atoms with Gasteiger partial charge in [-0.2, -0.15) is 9.36 Å². The Labute approximate surface area is 124 Å². The zero-order valence-electron chi connectivity index (χ0n) is 12.4. The summed E-state index contributed by atoms with van der Waals surface area (Å²) in [5.41, 5.74) is 8.89. The maximum Gasteiger partial charge on any atom is 0.298 e. The second kappa shape index (κ2) is 6.22. The molecule has 2 aromatic rings. The topological polar surface area (TPSA) is 61.0 Å². The summed E-state index contributed by atoms with van der Waals surface area (Å²) in [6.07, 6.45) is 1.92. The highest BCUT2D eigenvalue weighted by Gasteiger charge is 2.13. The Morgan fingerprint density at radius 1 is 1.35 bits per heavy atom. The molecule has 5 heteroatoms. The summed E-state index contributed by atoms with van der Waals surface area (Å²) >= 11 is 1.30. The molecule has 0 aliphatic heterocycles. The minimum absolute atomic E-state index is 0.343. The van der Waals surface area contributed by atoms with Crippen molar-refractivity contribution in [3.05, 3.63) is 29.1 Å². The number of hydrogen-bond acceptors (Lipinski definition) is 5. The molecule has 0 atom stereocenters. The lowest BCUT2D eigenvalue weighted by atomic mass is 9.99. The van der Waals surface area contributed by atoms with E-state index in [2.05, 4.69) is 30.1 Å². The van der Waals surface area contributed by atoms with E-state index in [1.165, 1.54) is 11.5 Å². The number of anilines is 1. The molecule has 1 aromatic heterocycles. The van der Waals surface area contributed by atoms with Crippen molar-refractivity contribution in [2.75, 3.05) is 5.73 Å². The van der Waals surface area contributed by atoms with Gasteiger partial charge in [0.2, 0.25) is 0 Å². The van der Waals surface area contributed by atoms with Gasteiger partial charge in [-0.05, 0) is 42.5 Å². The van der Waals surface area contributed by atoms with Crippen LogP contribution in [0.4, 0.5) is 5.69 Å². The summed E-state index contributed by atoms with van der Waals surface area (Å²) in [7, 11) is 0. The summed E-state index contributed by atoms with van der Waals surface area (Å²) in [6, 6.07) is 3.97. The molecule has 0 radical (unpaired) electrons.